The van der Waals surface area contributed by atoms with Crippen molar-refractivity contribution in [1.29, 1.82) is 0 Å². The SMILES string of the molecule is CCCC=C=C1C(=O)OC1=O. The summed E-state index contributed by atoms with van der Waals surface area (Å²) in [6.45, 7) is 2.00. The summed E-state index contributed by atoms with van der Waals surface area (Å²) in [6.07, 6.45) is 3.47. The van der Waals surface area contributed by atoms with Crippen LogP contribution in [0.3, 0.4) is 0 Å². The highest BCUT2D eigenvalue weighted by molar-refractivity contribution is 6.26. The highest BCUT2D eigenvalue weighted by Crippen LogP contribution is 2.11. The molecule has 1 aliphatic rings. The zero-order valence-corrected chi connectivity index (χ0v) is 6.22. The van der Waals surface area contributed by atoms with Crippen molar-refractivity contribution in [2.45, 2.75) is 19.8 Å². The van der Waals surface area contributed by atoms with E-state index in [1.807, 2.05) is 6.92 Å². The second-order valence-electron chi connectivity index (χ2n) is 2.19. The van der Waals surface area contributed by atoms with E-state index in [4.69, 9.17) is 0 Å². The van der Waals surface area contributed by atoms with Crippen LogP contribution in [0, 0.1) is 0 Å². The Labute approximate surface area is 64.3 Å². The van der Waals surface area contributed by atoms with Crippen LogP contribution in [0.5, 0.6) is 0 Å². The lowest BCUT2D eigenvalue weighted by Gasteiger charge is -2.09. The zero-order valence-electron chi connectivity index (χ0n) is 6.22. The van der Waals surface area contributed by atoms with Crippen LogP contribution in [0.1, 0.15) is 19.8 Å². The Balaban J connectivity index is 2.65. The fourth-order valence-electron chi connectivity index (χ4n) is 0.660. The fourth-order valence-corrected chi connectivity index (χ4v) is 0.660. The molecule has 0 spiro atoms. The van der Waals surface area contributed by atoms with Gasteiger partial charge in [-0.05, 0) is 12.5 Å². The Bertz CT molecular complexity index is 241. The molecular weight excluding hydrogens is 144 g/mol. The van der Waals surface area contributed by atoms with Gasteiger partial charge in [0.25, 0.3) is 0 Å². The molecule has 3 heteroatoms. The average molecular weight is 152 g/mol. The smallest absolute Gasteiger partial charge is 0.361 e. The van der Waals surface area contributed by atoms with Crippen molar-refractivity contribution in [2.24, 2.45) is 0 Å². The monoisotopic (exact) mass is 152 g/mol. The summed E-state index contributed by atoms with van der Waals surface area (Å²) >= 11 is 0. The molecule has 0 amide bonds. The Morgan fingerprint density at radius 1 is 1.45 bits per heavy atom. The van der Waals surface area contributed by atoms with Gasteiger partial charge in [0, 0.05) is 0 Å². The van der Waals surface area contributed by atoms with E-state index in [0.717, 1.165) is 12.8 Å². The predicted molar refractivity (Wildman–Crippen MR) is 37.6 cm³/mol. The fraction of sp³-hybridized carbons (Fsp3) is 0.375. The third-order valence-corrected chi connectivity index (χ3v) is 1.27. The molecule has 0 bridgehead atoms. The first-order valence-corrected chi connectivity index (χ1v) is 3.47. The van der Waals surface area contributed by atoms with Crippen LogP contribution in [-0.4, -0.2) is 11.9 Å². The largest absolute Gasteiger partial charge is 0.384 e. The van der Waals surface area contributed by atoms with Gasteiger partial charge in [0.15, 0.2) is 5.57 Å². The number of ether oxygens (including phenoxy) is 1. The van der Waals surface area contributed by atoms with Gasteiger partial charge in [-0.3, -0.25) is 0 Å². The van der Waals surface area contributed by atoms with Crippen LogP contribution in [0.25, 0.3) is 0 Å². The normalized spacial score (nSPS) is 15.2. The molecule has 58 valence electrons. The number of carbonyl (C=O) groups excluding carboxylic acids is 2. The summed E-state index contributed by atoms with van der Waals surface area (Å²) < 4.78 is 4.08. The highest BCUT2D eigenvalue weighted by Gasteiger charge is 2.34. The maximum atomic E-state index is 10.5. The molecule has 0 N–H and O–H groups in total. The third kappa shape index (κ3) is 1.57. The molecule has 11 heavy (non-hydrogen) atoms. The van der Waals surface area contributed by atoms with Crippen LogP contribution in [0.15, 0.2) is 17.4 Å². The minimum atomic E-state index is -0.567. The summed E-state index contributed by atoms with van der Waals surface area (Å²) in [7, 11) is 0. The molecule has 1 saturated heterocycles. The Kier molecular flexibility index (Phi) is 2.24. The Hall–Kier alpha value is -1.34. The average Bonchev–Trinajstić information content (AvgIpc) is 1.98. The summed E-state index contributed by atoms with van der Waals surface area (Å²) in [4.78, 5) is 20.9. The van der Waals surface area contributed by atoms with Crippen LogP contribution in [-0.2, 0) is 14.3 Å². The maximum absolute atomic E-state index is 10.5. The van der Waals surface area contributed by atoms with Gasteiger partial charge in [0.2, 0.25) is 0 Å². The molecule has 1 aliphatic heterocycles. The lowest BCUT2D eigenvalue weighted by Crippen LogP contribution is -2.30. The first-order chi connectivity index (χ1) is 5.25. The number of unbranched alkanes of at least 4 members (excludes halogenated alkanes) is 1. The maximum Gasteiger partial charge on any atom is 0.361 e. The molecule has 0 atom stereocenters. The molecule has 0 aliphatic carbocycles. The van der Waals surface area contributed by atoms with Crippen LogP contribution in [0.4, 0.5) is 0 Å². The second-order valence-corrected chi connectivity index (χ2v) is 2.19. The van der Waals surface area contributed by atoms with E-state index in [2.05, 4.69) is 10.5 Å². The number of hydrogen-bond acceptors (Lipinski definition) is 3. The van der Waals surface area contributed by atoms with Gasteiger partial charge in [0.05, 0.1) is 0 Å². The van der Waals surface area contributed by atoms with Gasteiger partial charge in [-0.25, -0.2) is 9.59 Å². The van der Waals surface area contributed by atoms with Gasteiger partial charge < -0.3 is 4.74 Å². The van der Waals surface area contributed by atoms with Crippen molar-refractivity contribution in [3.8, 4) is 0 Å². The molecule has 1 fully saturated rings. The van der Waals surface area contributed by atoms with Crippen molar-refractivity contribution in [1.82, 2.24) is 0 Å². The summed E-state index contributed by atoms with van der Waals surface area (Å²) in [5.74, 6) is -1.13. The van der Waals surface area contributed by atoms with Gasteiger partial charge >= 0.3 is 11.9 Å². The van der Waals surface area contributed by atoms with E-state index in [0.29, 0.717) is 0 Å². The molecule has 0 radical (unpaired) electrons. The van der Waals surface area contributed by atoms with E-state index < -0.39 is 11.9 Å². The second kappa shape index (κ2) is 3.17. The van der Waals surface area contributed by atoms with Crippen molar-refractivity contribution in [3.05, 3.63) is 17.4 Å². The predicted octanol–water partition coefficient (Wildman–Crippen LogP) is 0.951. The van der Waals surface area contributed by atoms with Crippen LogP contribution in [0.2, 0.25) is 0 Å². The van der Waals surface area contributed by atoms with Gasteiger partial charge in [-0.15, -0.1) is 5.73 Å². The van der Waals surface area contributed by atoms with E-state index in [-0.39, 0.29) is 5.57 Å². The molecule has 0 aromatic carbocycles. The third-order valence-electron chi connectivity index (χ3n) is 1.27. The van der Waals surface area contributed by atoms with E-state index >= 15 is 0 Å². The molecule has 0 aromatic heterocycles. The number of hydrogen-bond donors (Lipinski definition) is 0. The zero-order chi connectivity index (χ0) is 8.27. The Morgan fingerprint density at radius 3 is 2.55 bits per heavy atom. The standard InChI is InChI=1S/C8H8O3/c1-2-3-4-5-6-7(9)11-8(6)10/h4H,2-3H2,1H3. The van der Waals surface area contributed by atoms with Crippen molar-refractivity contribution in [2.75, 3.05) is 0 Å². The first kappa shape index (κ1) is 7.76. The Morgan fingerprint density at radius 2 is 2.09 bits per heavy atom. The van der Waals surface area contributed by atoms with E-state index in [1.54, 1.807) is 6.08 Å². The molecular formula is C8H8O3. The molecule has 0 saturated carbocycles. The molecule has 1 heterocycles. The summed E-state index contributed by atoms with van der Waals surface area (Å²) in [6, 6.07) is 0. The van der Waals surface area contributed by atoms with Gasteiger partial charge in [-0.1, -0.05) is 13.3 Å². The van der Waals surface area contributed by atoms with Gasteiger partial charge in [-0.2, -0.15) is 0 Å². The number of carbonyl (C=O) groups is 2. The quantitative estimate of drug-likeness (QED) is 0.194. The number of esters is 2. The van der Waals surface area contributed by atoms with Crippen molar-refractivity contribution in [3.63, 3.8) is 0 Å². The molecule has 0 unspecified atom stereocenters. The lowest BCUT2D eigenvalue weighted by molar-refractivity contribution is -0.165. The van der Waals surface area contributed by atoms with E-state index in [1.165, 1.54) is 0 Å². The lowest BCUT2D eigenvalue weighted by atomic mass is 10.2. The van der Waals surface area contributed by atoms with Crippen molar-refractivity contribution >= 4 is 11.9 Å². The number of cyclic esters (lactones) is 2. The number of rotatable bonds is 2. The first-order valence-electron chi connectivity index (χ1n) is 3.47. The van der Waals surface area contributed by atoms with Crippen LogP contribution >= 0.6 is 0 Å². The topological polar surface area (TPSA) is 43.4 Å². The minimum absolute atomic E-state index is 0.0402. The highest BCUT2D eigenvalue weighted by atomic mass is 16.6. The van der Waals surface area contributed by atoms with Crippen LogP contribution < -0.4 is 0 Å². The van der Waals surface area contributed by atoms with Gasteiger partial charge in [0.1, 0.15) is 0 Å². The van der Waals surface area contributed by atoms with E-state index in [9.17, 15) is 9.59 Å². The molecule has 3 nitrogen and oxygen atoms in total. The molecule has 0 aromatic rings. The summed E-state index contributed by atoms with van der Waals surface area (Å²) in [5, 5.41) is 0. The van der Waals surface area contributed by atoms with Crippen molar-refractivity contribution < 1.29 is 14.3 Å². The summed E-state index contributed by atoms with van der Waals surface area (Å²) in [5.41, 5.74) is 2.63. The minimum Gasteiger partial charge on any atom is -0.384 e. The molecule has 1 rings (SSSR count).